The van der Waals surface area contributed by atoms with Crippen LogP contribution < -0.4 is 0 Å². The molecule has 5 rings (SSSR count). The molecule has 1 N–H and O–H groups in total. The standard InChI is InChI=1S/C30H28ClNO/c1-3-11-24-26(20-12-7-5-8-13-20)27-23-19-22(31)16-17-25(23)32-29(21-14-9-6-10-15-21)28(27)30(24,33)18-4-2/h5-10,12-17,19,33H,3-4,11,18H2,1-2H3. The van der Waals surface area contributed by atoms with Gasteiger partial charge in [0.25, 0.3) is 0 Å². The van der Waals surface area contributed by atoms with Crippen molar-refractivity contribution in [3.05, 3.63) is 106 Å². The third-order valence-electron chi connectivity index (χ3n) is 6.63. The number of fused-ring (bicyclic) bond motifs is 3. The Bertz CT molecular complexity index is 1340. The summed E-state index contributed by atoms with van der Waals surface area (Å²) in [4.78, 5) is 5.11. The van der Waals surface area contributed by atoms with Crippen molar-refractivity contribution in [2.45, 2.75) is 45.1 Å². The van der Waals surface area contributed by atoms with Gasteiger partial charge in [0.05, 0.1) is 11.2 Å². The smallest absolute Gasteiger partial charge is 0.114 e. The molecule has 0 spiro atoms. The third kappa shape index (κ3) is 3.58. The van der Waals surface area contributed by atoms with Gasteiger partial charge in [-0.2, -0.15) is 0 Å². The highest BCUT2D eigenvalue weighted by atomic mass is 35.5. The Morgan fingerprint density at radius 1 is 0.848 bits per heavy atom. The summed E-state index contributed by atoms with van der Waals surface area (Å²) < 4.78 is 0. The predicted octanol–water partition coefficient (Wildman–Crippen LogP) is 8.16. The fourth-order valence-electron chi connectivity index (χ4n) is 5.35. The molecule has 0 bridgehead atoms. The van der Waals surface area contributed by atoms with E-state index in [0.717, 1.165) is 69.3 Å². The topological polar surface area (TPSA) is 33.1 Å². The lowest BCUT2D eigenvalue weighted by atomic mass is 9.81. The number of halogens is 1. The van der Waals surface area contributed by atoms with Gasteiger partial charge in [-0.3, -0.25) is 0 Å². The van der Waals surface area contributed by atoms with Gasteiger partial charge in [-0.25, -0.2) is 4.98 Å². The molecule has 166 valence electrons. The normalized spacial score (nSPS) is 17.6. The lowest BCUT2D eigenvalue weighted by Gasteiger charge is -2.30. The highest BCUT2D eigenvalue weighted by molar-refractivity contribution is 6.31. The van der Waals surface area contributed by atoms with E-state index in [1.165, 1.54) is 0 Å². The molecule has 1 atom stereocenters. The van der Waals surface area contributed by atoms with Gasteiger partial charge in [0, 0.05) is 27.1 Å². The number of aliphatic hydroxyl groups is 1. The van der Waals surface area contributed by atoms with Gasteiger partial charge in [-0.1, -0.05) is 99.0 Å². The third-order valence-corrected chi connectivity index (χ3v) is 6.87. The fraction of sp³-hybridized carbons (Fsp3) is 0.233. The molecule has 0 radical (unpaired) electrons. The molecular weight excluding hydrogens is 426 g/mol. The number of pyridine rings is 1. The summed E-state index contributed by atoms with van der Waals surface area (Å²) in [6.07, 6.45) is 3.30. The number of benzene rings is 3. The summed E-state index contributed by atoms with van der Waals surface area (Å²) in [5.41, 5.74) is 7.05. The van der Waals surface area contributed by atoms with Crippen molar-refractivity contribution >= 4 is 28.1 Å². The molecule has 4 aromatic rings. The van der Waals surface area contributed by atoms with Crippen molar-refractivity contribution in [3.8, 4) is 11.3 Å². The first-order valence-electron chi connectivity index (χ1n) is 11.8. The summed E-state index contributed by atoms with van der Waals surface area (Å²) in [5.74, 6) is 0. The maximum Gasteiger partial charge on any atom is 0.114 e. The molecule has 1 heterocycles. The van der Waals surface area contributed by atoms with Gasteiger partial charge < -0.3 is 5.11 Å². The largest absolute Gasteiger partial charge is 0.381 e. The quantitative estimate of drug-likeness (QED) is 0.319. The molecule has 1 aliphatic rings. The number of rotatable bonds is 6. The first-order valence-corrected chi connectivity index (χ1v) is 12.2. The summed E-state index contributed by atoms with van der Waals surface area (Å²) in [5, 5.41) is 14.2. The number of hydrogen-bond acceptors (Lipinski definition) is 2. The van der Waals surface area contributed by atoms with Crippen LogP contribution in [0.5, 0.6) is 0 Å². The maximum absolute atomic E-state index is 12.5. The van der Waals surface area contributed by atoms with Crippen LogP contribution in [0.2, 0.25) is 5.02 Å². The molecule has 0 saturated carbocycles. The molecule has 1 unspecified atom stereocenters. The van der Waals surface area contributed by atoms with Crippen LogP contribution in [0.4, 0.5) is 0 Å². The van der Waals surface area contributed by atoms with Crippen LogP contribution in [0.1, 0.15) is 56.2 Å². The van der Waals surface area contributed by atoms with E-state index in [1.807, 2.05) is 42.5 Å². The highest BCUT2D eigenvalue weighted by Crippen LogP contribution is 2.55. The lowest BCUT2D eigenvalue weighted by molar-refractivity contribution is 0.0663. The Hall–Kier alpha value is -2.94. The second-order valence-electron chi connectivity index (χ2n) is 8.82. The zero-order chi connectivity index (χ0) is 23.0. The molecule has 0 fully saturated rings. The molecule has 1 aliphatic carbocycles. The van der Waals surface area contributed by atoms with Crippen molar-refractivity contribution in [1.82, 2.24) is 4.98 Å². The molecule has 0 aliphatic heterocycles. The van der Waals surface area contributed by atoms with Crippen molar-refractivity contribution < 1.29 is 5.11 Å². The van der Waals surface area contributed by atoms with E-state index in [4.69, 9.17) is 16.6 Å². The van der Waals surface area contributed by atoms with Crippen LogP contribution in [0.15, 0.2) is 84.4 Å². The molecular formula is C30H28ClNO. The lowest BCUT2D eigenvalue weighted by Crippen LogP contribution is -2.27. The Labute approximate surface area is 200 Å². The average molecular weight is 454 g/mol. The Morgan fingerprint density at radius 2 is 1.52 bits per heavy atom. The van der Waals surface area contributed by atoms with Gasteiger partial charge >= 0.3 is 0 Å². The van der Waals surface area contributed by atoms with Crippen LogP contribution >= 0.6 is 11.6 Å². The minimum Gasteiger partial charge on any atom is -0.381 e. The molecule has 1 aromatic heterocycles. The van der Waals surface area contributed by atoms with E-state index in [2.05, 4.69) is 50.2 Å². The van der Waals surface area contributed by atoms with Crippen LogP contribution in [0.25, 0.3) is 27.7 Å². The number of aromatic nitrogens is 1. The van der Waals surface area contributed by atoms with Gasteiger partial charge in [-0.05, 0) is 47.8 Å². The highest BCUT2D eigenvalue weighted by Gasteiger charge is 2.46. The Morgan fingerprint density at radius 3 is 2.15 bits per heavy atom. The SMILES string of the molecule is CCCC1=C(c2ccccc2)c2c(c(-c3ccccc3)nc3ccc(Cl)cc23)C1(O)CCC. The van der Waals surface area contributed by atoms with E-state index < -0.39 is 5.60 Å². The maximum atomic E-state index is 12.5. The van der Waals surface area contributed by atoms with E-state index in [-0.39, 0.29) is 0 Å². The monoisotopic (exact) mass is 453 g/mol. The first kappa shape index (κ1) is 21.9. The predicted molar refractivity (Wildman–Crippen MR) is 138 cm³/mol. The molecule has 0 amide bonds. The molecule has 2 nitrogen and oxygen atoms in total. The second kappa shape index (κ2) is 8.78. The number of hydrogen-bond donors (Lipinski definition) is 1. The minimum atomic E-state index is -1.07. The van der Waals surface area contributed by atoms with Crippen molar-refractivity contribution in [3.63, 3.8) is 0 Å². The second-order valence-corrected chi connectivity index (χ2v) is 9.25. The van der Waals surface area contributed by atoms with Crippen molar-refractivity contribution in [2.75, 3.05) is 0 Å². The summed E-state index contributed by atoms with van der Waals surface area (Å²) in [6.45, 7) is 4.31. The Balaban J connectivity index is 1.98. The zero-order valence-corrected chi connectivity index (χ0v) is 19.9. The van der Waals surface area contributed by atoms with Crippen LogP contribution in [-0.4, -0.2) is 10.1 Å². The van der Waals surface area contributed by atoms with Crippen LogP contribution in [0.3, 0.4) is 0 Å². The molecule has 3 heteroatoms. The van der Waals surface area contributed by atoms with Gasteiger partial charge in [-0.15, -0.1) is 0 Å². The first-order chi connectivity index (χ1) is 16.1. The molecule has 33 heavy (non-hydrogen) atoms. The van der Waals surface area contributed by atoms with E-state index in [0.29, 0.717) is 11.4 Å². The van der Waals surface area contributed by atoms with E-state index in [1.54, 1.807) is 0 Å². The van der Waals surface area contributed by atoms with Crippen LogP contribution in [-0.2, 0) is 5.60 Å². The van der Waals surface area contributed by atoms with Gasteiger partial charge in [0.1, 0.15) is 5.60 Å². The van der Waals surface area contributed by atoms with Crippen molar-refractivity contribution in [1.29, 1.82) is 0 Å². The Kier molecular flexibility index (Phi) is 5.82. The summed E-state index contributed by atoms with van der Waals surface area (Å²) >= 11 is 6.49. The van der Waals surface area contributed by atoms with E-state index in [9.17, 15) is 5.11 Å². The summed E-state index contributed by atoms with van der Waals surface area (Å²) in [7, 11) is 0. The van der Waals surface area contributed by atoms with Gasteiger partial charge in [0.2, 0.25) is 0 Å². The minimum absolute atomic E-state index is 0.652. The zero-order valence-electron chi connectivity index (χ0n) is 19.1. The fourth-order valence-corrected chi connectivity index (χ4v) is 5.53. The average Bonchev–Trinajstić information content (AvgIpc) is 3.09. The van der Waals surface area contributed by atoms with Crippen LogP contribution in [0, 0.1) is 0 Å². The summed E-state index contributed by atoms with van der Waals surface area (Å²) in [6, 6.07) is 26.6. The van der Waals surface area contributed by atoms with Gasteiger partial charge in [0.15, 0.2) is 0 Å². The molecule has 0 saturated heterocycles. The molecule has 3 aromatic carbocycles. The number of nitrogens with zero attached hydrogens (tertiary/aromatic N) is 1. The van der Waals surface area contributed by atoms with E-state index >= 15 is 0 Å². The van der Waals surface area contributed by atoms with Crippen molar-refractivity contribution in [2.24, 2.45) is 0 Å².